The molecule has 1 aromatic rings. The molecule has 0 fully saturated rings. The van der Waals surface area contributed by atoms with E-state index < -0.39 is 11.6 Å². The Morgan fingerprint density at radius 2 is 1.93 bits per heavy atom. The SMILES string of the molecule is CC.CN1CCOc2c1ccc(F)c2F. The molecule has 0 N–H and O–H groups in total. The number of ether oxygens (including phenoxy) is 1. The van der Waals surface area contributed by atoms with E-state index in [0.29, 0.717) is 18.8 Å². The molecule has 0 aromatic heterocycles. The molecule has 0 saturated heterocycles. The maximum Gasteiger partial charge on any atom is 0.202 e. The summed E-state index contributed by atoms with van der Waals surface area (Å²) >= 11 is 0. The third-order valence-corrected chi connectivity index (χ3v) is 2.11. The first kappa shape index (κ1) is 11.8. The van der Waals surface area contributed by atoms with Crippen molar-refractivity contribution < 1.29 is 13.5 Å². The van der Waals surface area contributed by atoms with Crippen LogP contribution in [0, 0.1) is 11.6 Å². The fourth-order valence-electron chi connectivity index (χ4n) is 1.36. The molecule has 15 heavy (non-hydrogen) atoms. The van der Waals surface area contributed by atoms with Gasteiger partial charge < -0.3 is 9.64 Å². The van der Waals surface area contributed by atoms with E-state index >= 15 is 0 Å². The van der Waals surface area contributed by atoms with Gasteiger partial charge in [-0.1, -0.05) is 13.8 Å². The number of benzene rings is 1. The molecule has 2 nitrogen and oxygen atoms in total. The second-order valence-corrected chi connectivity index (χ2v) is 2.98. The van der Waals surface area contributed by atoms with Crippen LogP contribution in [0.5, 0.6) is 5.75 Å². The van der Waals surface area contributed by atoms with Gasteiger partial charge in [0.1, 0.15) is 6.61 Å². The molecule has 1 aliphatic heterocycles. The van der Waals surface area contributed by atoms with Crippen LogP contribution in [-0.2, 0) is 0 Å². The van der Waals surface area contributed by atoms with Gasteiger partial charge in [0.2, 0.25) is 5.82 Å². The quantitative estimate of drug-likeness (QED) is 0.659. The van der Waals surface area contributed by atoms with Crippen molar-refractivity contribution in [3.8, 4) is 5.75 Å². The number of fused-ring (bicyclic) bond motifs is 1. The summed E-state index contributed by atoms with van der Waals surface area (Å²) in [5.74, 6) is -1.74. The molecular formula is C11H15F2NO. The van der Waals surface area contributed by atoms with Crippen LogP contribution in [0.2, 0.25) is 0 Å². The molecule has 0 aliphatic carbocycles. The lowest BCUT2D eigenvalue weighted by atomic mass is 10.2. The molecule has 0 spiro atoms. The normalized spacial score (nSPS) is 13.5. The van der Waals surface area contributed by atoms with Gasteiger partial charge in [-0.15, -0.1) is 0 Å². The van der Waals surface area contributed by atoms with Gasteiger partial charge in [0.15, 0.2) is 11.6 Å². The number of nitrogens with zero attached hydrogens (tertiary/aromatic N) is 1. The van der Waals surface area contributed by atoms with Crippen molar-refractivity contribution in [2.75, 3.05) is 25.1 Å². The maximum atomic E-state index is 13.1. The summed E-state index contributed by atoms with van der Waals surface area (Å²) in [5.41, 5.74) is 0.602. The molecule has 0 radical (unpaired) electrons. The van der Waals surface area contributed by atoms with Crippen molar-refractivity contribution in [2.45, 2.75) is 13.8 Å². The van der Waals surface area contributed by atoms with Gasteiger partial charge in [-0.3, -0.25) is 0 Å². The van der Waals surface area contributed by atoms with E-state index in [1.165, 1.54) is 6.07 Å². The first-order valence-electron chi connectivity index (χ1n) is 5.02. The smallest absolute Gasteiger partial charge is 0.202 e. The number of rotatable bonds is 0. The molecule has 2 rings (SSSR count). The first-order chi connectivity index (χ1) is 7.20. The Morgan fingerprint density at radius 1 is 1.27 bits per heavy atom. The van der Waals surface area contributed by atoms with Gasteiger partial charge >= 0.3 is 0 Å². The Balaban J connectivity index is 0.000000531. The number of halogens is 2. The Kier molecular flexibility index (Phi) is 3.88. The third-order valence-electron chi connectivity index (χ3n) is 2.11. The first-order valence-corrected chi connectivity index (χ1v) is 5.02. The molecule has 1 aliphatic rings. The zero-order valence-electron chi connectivity index (χ0n) is 9.18. The fraction of sp³-hybridized carbons (Fsp3) is 0.455. The van der Waals surface area contributed by atoms with E-state index in [4.69, 9.17) is 4.74 Å². The standard InChI is InChI=1S/C9H9F2NO.C2H6/c1-12-4-5-13-9-7(12)3-2-6(10)8(9)11;1-2/h2-3H,4-5H2,1H3;1-2H3. The van der Waals surface area contributed by atoms with Crippen LogP contribution in [0.1, 0.15) is 13.8 Å². The van der Waals surface area contributed by atoms with E-state index in [1.807, 2.05) is 25.8 Å². The molecule has 1 aromatic carbocycles. The average molecular weight is 215 g/mol. The minimum absolute atomic E-state index is 0.0220. The highest BCUT2D eigenvalue weighted by atomic mass is 19.2. The predicted molar refractivity (Wildman–Crippen MR) is 56.5 cm³/mol. The van der Waals surface area contributed by atoms with Crippen LogP contribution >= 0.6 is 0 Å². The third kappa shape index (κ3) is 2.19. The monoisotopic (exact) mass is 215 g/mol. The lowest BCUT2D eigenvalue weighted by molar-refractivity contribution is 0.289. The van der Waals surface area contributed by atoms with Crippen molar-refractivity contribution in [2.24, 2.45) is 0 Å². The highest BCUT2D eigenvalue weighted by Gasteiger charge is 2.21. The van der Waals surface area contributed by atoms with E-state index in [1.54, 1.807) is 0 Å². The molecule has 0 amide bonds. The minimum atomic E-state index is -0.899. The summed E-state index contributed by atoms with van der Waals surface area (Å²) in [4.78, 5) is 1.83. The second kappa shape index (κ2) is 4.96. The zero-order chi connectivity index (χ0) is 11.4. The predicted octanol–water partition coefficient (Wildman–Crippen LogP) is 2.82. The number of likely N-dealkylation sites (N-methyl/N-ethyl adjacent to an activating group) is 1. The summed E-state index contributed by atoms with van der Waals surface area (Å²) in [7, 11) is 1.82. The molecule has 84 valence electrons. The maximum absolute atomic E-state index is 13.1. The number of anilines is 1. The van der Waals surface area contributed by atoms with Crippen molar-refractivity contribution in [1.29, 1.82) is 0 Å². The van der Waals surface area contributed by atoms with Crippen LogP contribution in [0.3, 0.4) is 0 Å². The fourth-order valence-corrected chi connectivity index (χ4v) is 1.36. The van der Waals surface area contributed by atoms with Crippen molar-refractivity contribution in [3.05, 3.63) is 23.8 Å². The van der Waals surface area contributed by atoms with E-state index in [9.17, 15) is 8.78 Å². The van der Waals surface area contributed by atoms with Crippen molar-refractivity contribution in [1.82, 2.24) is 0 Å². The topological polar surface area (TPSA) is 12.5 Å². The lowest BCUT2D eigenvalue weighted by Crippen LogP contribution is -2.29. The van der Waals surface area contributed by atoms with Gasteiger partial charge in [0.25, 0.3) is 0 Å². The second-order valence-electron chi connectivity index (χ2n) is 2.98. The van der Waals surface area contributed by atoms with Gasteiger partial charge in [0.05, 0.1) is 12.2 Å². The van der Waals surface area contributed by atoms with E-state index in [-0.39, 0.29) is 5.75 Å². The van der Waals surface area contributed by atoms with Crippen molar-refractivity contribution >= 4 is 5.69 Å². The van der Waals surface area contributed by atoms with E-state index in [2.05, 4.69) is 0 Å². The van der Waals surface area contributed by atoms with Gasteiger partial charge in [-0.2, -0.15) is 4.39 Å². The molecular weight excluding hydrogens is 200 g/mol. The Labute approximate surface area is 88.5 Å². The van der Waals surface area contributed by atoms with Gasteiger partial charge in [-0.05, 0) is 12.1 Å². The van der Waals surface area contributed by atoms with Gasteiger partial charge in [-0.25, -0.2) is 4.39 Å². The Bertz CT molecular complexity index is 342. The van der Waals surface area contributed by atoms with Crippen LogP contribution in [-0.4, -0.2) is 20.2 Å². The zero-order valence-corrected chi connectivity index (χ0v) is 9.18. The highest BCUT2D eigenvalue weighted by Crippen LogP contribution is 2.34. The van der Waals surface area contributed by atoms with Gasteiger partial charge in [0, 0.05) is 7.05 Å². The molecule has 4 heteroatoms. The lowest BCUT2D eigenvalue weighted by Gasteiger charge is -2.27. The Hall–Kier alpha value is -1.32. The molecule has 0 saturated carbocycles. The largest absolute Gasteiger partial charge is 0.486 e. The number of hydrogen-bond acceptors (Lipinski definition) is 2. The van der Waals surface area contributed by atoms with Crippen LogP contribution in [0.4, 0.5) is 14.5 Å². The summed E-state index contributed by atoms with van der Waals surface area (Å²) in [6, 6.07) is 2.63. The summed E-state index contributed by atoms with van der Waals surface area (Å²) in [6.45, 7) is 5.09. The highest BCUT2D eigenvalue weighted by molar-refractivity contribution is 5.60. The van der Waals surface area contributed by atoms with E-state index in [0.717, 1.165) is 6.07 Å². The molecule has 0 atom stereocenters. The van der Waals surface area contributed by atoms with Crippen LogP contribution < -0.4 is 9.64 Å². The average Bonchev–Trinajstić information content (AvgIpc) is 2.27. The van der Waals surface area contributed by atoms with Crippen molar-refractivity contribution in [3.63, 3.8) is 0 Å². The minimum Gasteiger partial charge on any atom is -0.486 e. The van der Waals surface area contributed by atoms with Crippen LogP contribution in [0.15, 0.2) is 12.1 Å². The Morgan fingerprint density at radius 3 is 2.60 bits per heavy atom. The molecule has 1 heterocycles. The summed E-state index contributed by atoms with van der Waals surface area (Å²) in [5, 5.41) is 0. The summed E-state index contributed by atoms with van der Waals surface area (Å²) < 4.78 is 30.9. The number of hydrogen-bond donors (Lipinski definition) is 0. The van der Waals surface area contributed by atoms with Crippen LogP contribution in [0.25, 0.3) is 0 Å². The molecule has 0 bridgehead atoms. The molecule has 0 unspecified atom stereocenters. The summed E-state index contributed by atoms with van der Waals surface area (Å²) in [6.07, 6.45) is 0.